The van der Waals surface area contributed by atoms with E-state index in [0.29, 0.717) is 13.2 Å². The monoisotopic (exact) mass is 237 g/mol. The SMILES string of the molecule is CN(C)c1cccc(OCCNC(=O)CN)c1. The molecule has 94 valence electrons. The lowest BCUT2D eigenvalue weighted by Crippen LogP contribution is -2.33. The average molecular weight is 237 g/mol. The van der Waals surface area contributed by atoms with E-state index in [1.807, 2.05) is 43.3 Å². The molecule has 1 aromatic carbocycles. The molecule has 3 N–H and O–H groups in total. The molecule has 5 nitrogen and oxygen atoms in total. The van der Waals surface area contributed by atoms with Gasteiger partial charge in [0.15, 0.2) is 0 Å². The van der Waals surface area contributed by atoms with Gasteiger partial charge in [-0.1, -0.05) is 6.07 Å². The first-order chi connectivity index (χ1) is 8.13. The van der Waals surface area contributed by atoms with Crippen LogP contribution in [0.25, 0.3) is 0 Å². The van der Waals surface area contributed by atoms with E-state index in [1.54, 1.807) is 0 Å². The highest BCUT2D eigenvalue weighted by molar-refractivity contribution is 5.77. The van der Waals surface area contributed by atoms with Crippen LogP contribution in [0, 0.1) is 0 Å². The molecule has 0 atom stereocenters. The number of nitrogens with one attached hydrogen (secondary N) is 1. The van der Waals surface area contributed by atoms with Gasteiger partial charge in [-0.15, -0.1) is 0 Å². The molecule has 0 aliphatic carbocycles. The molecule has 5 heteroatoms. The summed E-state index contributed by atoms with van der Waals surface area (Å²) < 4.78 is 5.51. The van der Waals surface area contributed by atoms with E-state index >= 15 is 0 Å². The Hall–Kier alpha value is -1.75. The number of carbonyl (C=O) groups excluding carboxylic acids is 1. The zero-order valence-electron chi connectivity index (χ0n) is 10.3. The van der Waals surface area contributed by atoms with E-state index in [1.165, 1.54) is 0 Å². The van der Waals surface area contributed by atoms with Crippen molar-refractivity contribution in [3.05, 3.63) is 24.3 Å². The van der Waals surface area contributed by atoms with E-state index in [2.05, 4.69) is 5.32 Å². The fourth-order valence-corrected chi connectivity index (χ4v) is 1.28. The lowest BCUT2D eigenvalue weighted by atomic mass is 10.3. The predicted molar refractivity (Wildman–Crippen MR) is 68.3 cm³/mol. The number of hydrogen-bond donors (Lipinski definition) is 2. The van der Waals surface area contributed by atoms with Gasteiger partial charge in [-0.2, -0.15) is 0 Å². The highest BCUT2D eigenvalue weighted by Crippen LogP contribution is 2.18. The van der Waals surface area contributed by atoms with Gasteiger partial charge in [0.2, 0.25) is 5.91 Å². The zero-order chi connectivity index (χ0) is 12.7. The second-order valence-corrected chi connectivity index (χ2v) is 3.79. The number of nitrogens with zero attached hydrogens (tertiary/aromatic N) is 1. The Morgan fingerprint density at radius 3 is 2.88 bits per heavy atom. The van der Waals surface area contributed by atoms with Crippen LogP contribution in [0.3, 0.4) is 0 Å². The summed E-state index contributed by atoms with van der Waals surface area (Å²) in [7, 11) is 3.95. The zero-order valence-corrected chi connectivity index (χ0v) is 10.3. The molecule has 0 aliphatic heterocycles. The molecule has 1 amide bonds. The smallest absolute Gasteiger partial charge is 0.233 e. The minimum atomic E-state index is -0.171. The van der Waals surface area contributed by atoms with Crippen LogP contribution in [0.5, 0.6) is 5.75 Å². The minimum absolute atomic E-state index is 0.0100. The van der Waals surface area contributed by atoms with Gasteiger partial charge in [-0.3, -0.25) is 4.79 Å². The third kappa shape index (κ3) is 4.74. The van der Waals surface area contributed by atoms with Crippen molar-refractivity contribution in [2.24, 2.45) is 5.73 Å². The Morgan fingerprint density at radius 2 is 2.24 bits per heavy atom. The lowest BCUT2D eigenvalue weighted by Gasteiger charge is -2.14. The van der Waals surface area contributed by atoms with Gasteiger partial charge in [-0.05, 0) is 12.1 Å². The van der Waals surface area contributed by atoms with Gasteiger partial charge in [0, 0.05) is 25.8 Å². The first-order valence-corrected chi connectivity index (χ1v) is 5.50. The maximum Gasteiger partial charge on any atom is 0.233 e. The molecule has 17 heavy (non-hydrogen) atoms. The Labute approximate surface area is 102 Å². The summed E-state index contributed by atoms with van der Waals surface area (Å²) in [4.78, 5) is 12.9. The van der Waals surface area contributed by atoms with E-state index in [-0.39, 0.29) is 12.5 Å². The molecule has 1 rings (SSSR count). The highest BCUT2D eigenvalue weighted by atomic mass is 16.5. The first kappa shape index (κ1) is 13.3. The van der Waals surface area contributed by atoms with Crippen molar-refractivity contribution in [3.63, 3.8) is 0 Å². The Morgan fingerprint density at radius 1 is 1.47 bits per heavy atom. The normalized spacial score (nSPS) is 9.82. The summed E-state index contributed by atoms with van der Waals surface area (Å²) in [6.07, 6.45) is 0. The number of anilines is 1. The molecule has 0 aromatic heterocycles. The van der Waals surface area contributed by atoms with E-state index in [4.69, 9.17) is 10.5 Å². The molecule has 0 bridgehead atoms. The van der Waals surface area contributed by atoms with Gasteiger partial charge in [0.05, 0.1) is 13.1 Å². The van der Waals surface area contributed by atoms with Crippen molar-refractivity contribution in [2.75, 3.05) is 38.7 Å². The first-order valence-electron chi connectivity index (χ1n) is 5.50. The molecule has 0 unspecified atom stereocenters. The molecule has 0 aliphatic rings. The second kappa shape index (κ2) is 6.75. The van der Waals surface area contributed by atoms with Crippen molar-refractivity contribution in [1.29, 1.82) is 0 Å². The second-order valence-electron chi connectivity index (χ2n) is 3.79. The Balaban J connectivity index is 2.36. The number of amides is 1. The van der Waals surface area contributed by atoms with E-state index in [9.17, 15) is 4.79 Å². The maximum absolute atomic E-state index is 10.9. The van der Waals surface area contributed by atoms with Crippen molar-refractivity contribution in [1.82, 2.24) is 5.32 Å². The summed E-state index contributed by atoms with van der Waals surface area (Å²) in [5, 5.41) is 2.64. The number of ether oxygens (including phenoxy) is 1. The molecule has 0 spiro atoms. The minimum Gasteiger partial charge on any atom is -0.492 e. The largest absolute Gasteiger partial charge is 0.492 e. The van der Waals surface area contributed by atoms with Crippen LogP contribution >= 0.6 is 0 Å². The average Bonchev–Trinajstić information content (AvgIpc) is 2.34. The van der Waals surface area contributed by atoms with Gasteiger partial charge in [-0.25, -0.2) is 0 Å². The molecule has 0 heterocycles. The number of benzene rings is 1. The number of nitrogens with two attached hydrogens (primary N) is 1. The summed E-state index contributed by atoms with van der Waals surface area (Å²) in [5.74, 6) is 0.619. The number of hydrogen-bond acceptors (Lipinski definition) is 4. The fraction of sp³-hybridized carbons (Fsp3) is 0.417. The van der Waals surface area contributed by atoms with Gasteiger partial charge >= 0.3 is 0 Å². The van der Waals surface area contributed by atoms with Crippen molar-refractivity contribution >= 4 is 11.6 Å². The topological polar surface area (TPSA) is 67.6 Å². The summed E-state index contributed by atoms with van der Waals surface area (Å²) in [6.45, 7) is 0.904. The highest BCUT2D eigenvalue weighted by Gasteiger charge is 1.99. The van der Waals surface area contributed by atoms with Crippen LogP contribution in [0.2, 0.25) is 0 Å². The quantitative estimate of drug-likeness (QED) is 0.694. The third-order valence-electron chi connectivity index (χ3n) is 2.21. The summed E-state index contributed by atoms with van der Waals surface area (Å²) in [6, 6.07) is 7.77. The van der Waals surface area contributed by atoms with Crippen molar-refractivity contribution in [2.45, 2.75) is 0 Å². The molecule has 1 aromatic rings. The van der Waals surface area contributed by atoms with Crippen LogP contribution in [0.4, 0.5) is 5.69 Å². The third-order valence-corrected chi connectivity index (χ3v) is 2.21. The van der Waals surface area contributed by atoms with Crippen LogP contribution in [0.1, 0.15) is 0 Å². The summed E-state index contributed by atoms with van der Waals surface area (Å²) >= 11 is 0. The van der Waals surface area contributed by atoms with Crippen molar-refractivity contribution in [3.8, 4) is 5.75 Å². The maximum atomic E-state index is 10.9. The fourth-order valence-electron chi connectivity index (χ4n) is 1.28. The standard InChI is InChI=1S/C12H19N3O2/c1-15(2)10-4-3-5-11(8-10)17-7-6-14-12(16)9-13/h3-5,8H,6-7,9,13H2,1-2H3,(H,14,16). The Kier molecular flexibility index (Phi) is 5.29. The van der Waals surface area contributed by atoms with Crippen LogP contribution in [-0.2, 0) is 4.79 Å². The number of carbonyl (C=O) groups is 1. The van der Waals surface area contributed by atoms with E-state index < -0.39 is 0 Å². The van der Waals surface area contributed by atoms with Crippen LogP contribution < -0.4 is 20.7 Å². The molecular weight excluding hydrogens is 218 g/mol. The predicted octanol–water partition coefficient (Wildman–Crippen LogP) is 0.206. The van der Waals surface area contributed by atoms with Gasteiger partial charge < -0.3 is 20.7 Å². The van der Waals surface area contributed by atoms with Crippen LogP contribution in [-0.4, -0.2) is 39.7 Å². The Bertz CT molecular complexity index is 367. The molecule has 0 saturated carbocycles. The number of rotatable bonds is 6. The lowest BCUT2D eigenvalue weighted by molar-refractivity contribution is -0.119. The molecular formula is C12H19N3O2. The van der Waals surface area contributed by atoms with E-state index in [0.717, 1.165) is 11.4 Å². The van der Waals surface area contributed by atoms with Gasteiger partial charge in [0.25, 0.3) is 0 Å². The van der Waals surface area contributed by atoms with Gasteiger partial charge in [0.1, 0.15) is 12.4 Å². The summed E-state index contributed by atoms with van der Waals surface area (Å²) in [5.41, 5.74) is 6.24. The molecule has 0 fully saturated rings. The molecule has 0 saturated heterocycles. The van der Waals surface area contributed by atoms with Crippen molar-refractivity contribution < 1.29 is 9.53 Å². The van der Waals surface area contributed by atoms with Crippen LogP contribution in [0.15, 0.2) is 24.3 Å². The molecule has 0 radical (unpaired) electrons.